The van der Waals surface area contributed by atoms with E-state index in [2.05, 4.69) is 17.0 Å². The van der Waals surface area contributed by atoms with E-state index in [-0.39, 0.29) is 33.5 Å². The number of nitrogens with one attached hydrogen (secondary N) is 1. The number of benzene rings is 2. The Labute approximate surface area is 176 Å². The van der Waals surface area contributed by atoms with Crippen LogP contribution in [-0.2, 0) is 7.05 Å². The Morgan fingerprint density at radius 1 is 1.20 bits per heavy atom. The number of carboxylic acid groups (broad SMARTS) is 1. The number of hydrogen-bond acceptors (Lipinski definition) is 4. The molecule has 0 aliphatic carbocycles. The highest BCUT2D eigenvalue weighted by atomic mass is 35.5. The minimum Gasteiger partial charge on any atom is -0.478 e. The van der Waals surface area contributed by atoms with Crippen molar-refractivity contribution in [2.45, 2.75) is 6.92 Å². The third-order valence-electron chi connectivity index (χ3n) is 4.24. The third-order valence-corrected chi connectivity index (χ3v) is 4.54. The standard InChI is InChI=1S/C21H17ClFN3O4/c1-11(13-4-6-14(7-5-13)21(28)29)24-19(27)18-12(2)25-26(3)20(18)30-17-9-8-15(23)10-16(17)22/h4-10H,1H2,2-3H3,(H,24,27)(H,28,29). The lowest BCUT2D eigenvalue weighted by Crippen LogP contribution is -2.22. The van der Waals surface area contributed by atoms with Crippen LogP contribution < -0.4 is 10.1 Å². The summed E-state index contributed by atoms with van der Waals surface area (Å²) in [5, 5.41) is 15.9. The molecule has 1 heterocycles. The molecule has 9 heteroatoms. The van der Waals surface area contributed by atoms with Gasteiger partial charge >= 0.3 is 5.97 Å². The number of carbonyl (C=O) groups is 2. The molecule has 0 saturated heterocycles. The molecule has 154 valence electrons. The van der Waals surface area contributed by atoms with Gasteiger partial charge in [0.1, 0.15) is 17.1 Å². The van der Waals surface area contributed by atoms with Gasteiger partial charge in [-0.3, -0.25) is 4.79 Å². The number of nitrogens with zero attached hydrogens (tertiary/aromatic N) is 2. The third kappa shape index (κ3) is 4.33. The molecule has 0 spiro atoms. The smallest absolute Gasteiger partial charge is 0.335 e. The van der Waals surface area contributed by atoms with Crippen LogP contribution in [0.1, 0.15) is 32.0 Å². The molecule has 7 nitrogen and oxygen atoms in total. The van der Waals surface area contributed by atoms with Crippen molar-refractivity contribution in [3.63, 3.8) is 0 Å². The second kappa shape index (κ2) is 8.38. The van der Waals surface area contributed by atoms with Crippen LogP contribution in [0.3, 0.4) is 0 Å². The van der Waals surface area contributed by atoms with Gasteiger partial charge in [-0.1, -0.05) is 30.3 Å². The van der Waals surface area contributed by atoms with Crippen molar-refractivity contribution in [3.8, 4) is 11.6 Å². The molecular formula is C21H17ClFN3O4. The number of hydrogen-bond donors (Lipinski definition) is 2. The first kappa shape index (κ1) is 21.1. The summed E-state index contributed by atoms with van der Waals surface area (Å²) < 4.78 is 20.4. The minimum atomic E-state index is -1.05. The number of rotatable bonds is 6. The second-order valence-corrected chi connectivity index (χ2v) is 6.79. The molecule has 0 atom stereocenters. The number of ether oxygens (including phenoxy) is 1. The van der Waals surface area contributed by atoms with Gasteiger partial charge in [-0.25, -0.2) is 13.9 Å². The molecule has 0 fully saturated rings. The average Bonchev–Trinajstić information content (AvgIpc) is 2.97. The zero-order valence-corrected chi connectivity index (χ0v) is 16.8. The first-order chi connectivity index (χ1) is 14.2. The maximum Gasteiger partial charge on any atom is 0.335 e. The second-order valence-electron chi connectivity index (χ2n) is 6.38. The van der Waals surface area contributed by atoms with Crippen LogP contribution in [-0.4, -0.2) is 26.8 Å². The lowest BCUT2D eigenvalue weighted by Gasteiger charge is -2.12. The van der Waals surface area contributed by atoms with E-state index in [0.717, 1.165) is 6.07 Å². The summed E-state index contributed by atoms with van der Waals surface area (Å²) in [7, 11) is 1.59. The van der Waals surface area contributed by atoms with Crippen molar-refractivity contribution in [2.24, 2.45) is 7.05 Å². The van der Waals surface area contributed by atoms with E-state index >= 15 is 0 Å². The predicted octanol–water partition coefficient (Wildman–Crippen LogP) is 4.41. The van der Waals surface area contributed by atoms with Gasteiger partial charge in [0.05, 0.1) is 16.3 Å². The van der Waals surface area contributed by atoms with Crippen molar-refractivity contribution >= 4 is 29.2 Å². The molecular weight excluding hydrogens is 413 g/mol. The van der Waals surface area contributed by atoms with E-state index in [1.165, 1.54) is 41.1 Å². The van der Waals surface area contributed by atoms with Gasteiger partial charge in [0, 0.05) is 12.7 Å². The molecule has 0 aliphatic rings. The highest BCUT2D eigenvalue weighted by molar-refractivity contribution is 6.32. The van der Waals surface area contributed by atoms with Crippen molar-refractivity contribution in [2.75, 3.05) is 0 Å². The summed E-state index contributed by atoms with van der Waals surface area (Å²) in [5.74, 6) is -1.81. The molecule has 1 amide bonds. The maximum absolute atomic E-state index is 13.3. The molecule has 0 radical (unpaired) electrons. The average molecular weight is 430 g/mol. The molecule has 0 saturated carbocycles. The molecule has 2 aromatic carbocycles. The topological polar surface area (TPSA) is 93.5 Å². The molecule has 1 aromatic heterocycles. The molecule has 0 bridgehead atoms. The van der Waals surface area contributed by atoms with Crippen LogP contribution in [0.5, 0.6) is 11.6 Å². The summed E-state index contributed by atoms with van der Waals surface area (Å²) in [6.45, 7) is 5.47. The van der Waals surface area contributed by atoms with Gasteiger partial charge in [-0.15, -0.1) is 0 Å². The Morgan fingerprint density at radius 2 is 1.83 bits per heavy atom. The van der Waals surface area contributed by atoms with E-state index in [1.807, 2.05) is 0 Å². The molecule has 2 N–H and O–H groups in total. The Hall–Kier alpha value is -3.65. The lowest BCUT2D eigenvalue weighted by atomic mass is 10.1. The summed E-state index contributed by atoms with van der Waals surface area (Å²) in [4.78, 5) is 23.9. The van der Waals surface area contributed by atoms with E-state index < -0.39 is 17.7 Å². The highest BCUT2D eigenvalue weighted by Crippen LogP contribution is 2.32. The van der Waals surface area contributed by atoms with E-state index in [4.69, 9.17) is 21.4 Å². The lowest BCUT2D eigenvalue weighted by molar-refractivity contribution is 0.0696. The molecule has 3 rings (SSSR count). The van der Waals surface area contributed by atoms with Gasteiger partial charge in [-0.05, 0) is 42.8 Å². The first-order valence-corrected chi connectivity index (χ1v) is 9.05. The van der Waals surface area contributed by atoms with Crippen LogP contribution in [0.2, 0.25) is 5.02 Å². The zero-order chi connectivity index (χ0) is 22.0. The quantitative estimate of drug-likeness (QED) is 0.605. The largest absolute Gasteiger partial charge is 0.478 e. The molecule has 0 aliphatic heterocycles. The Balaban J connectivity index is 1.85. The van der Waals surface area contributed by atoms with Crippen LogP contribution in [0.4, 0.5) is 4.39 Å². The van der Waals surface area contributed by atoms with Crippen LogP contribution >= 0.6 is 11.6 Å². The van der Waals surface area contributed by atoms with Crippen molar-refractivity contribution in [1.82, 2.24) is 15.1 Å². The number of aromatic carboxylic acids is 1. The predicted molar refractivity (Wildman–Crippen MR) is 109 cm³/mol. The number of aromatic nitrogens is 2. The molecule has 3 aromatic rings. The monoisotopic (exact) mass is 429 g/mol. The van der Waals surface area contributed by atoms with Crippen molar-refractivity contribution in [1.29, 1.82) is 0 Å². The van der Waals surface area contributed by atoms with Gasteiger partial charge in [0.2, 0.25) is 5.88 Å². The zero-order valence-electron chi connectivity index (χ0n) is 16.1. The van der Waals surface area contributed by atoms with Crippen LogP contribution in [0, 0.1) is 12.7 Å². The summed E-state index contributed by atoms with van der Waals surface area (Å²) in [6.07, 6.45) is 0. The Bertz CT molecular complexity index is 1160. The van der Waals surface area contributed by atoms with Crippen LogP contribution in [0.15, 0.2) is 49.0 Å². The van der Waals surface area contributed by atoms with E-state index in [0.29, 0.717) is 11.3 Å². The normalized spacial score (nSPS) is 10.5. The highest BCUT2D eigenvalue weighted by Gasteiger charge is 2.24. The fourth-order valence-electron chi connectivity index (χ4n) is 2.76. The van der Waals surface area contributed by atoms with Gasteiger partial charge in [0.25, 0.3) is 5.91 Å². The molecule has 30 heavy (non-hydrogen) atoms. The van der Waals surface area contributed by atoms with Gasteiger partial charge in [-0.2, -0.15) is 5.10 Å². The Kier molecular flexibility index (Phi) is 5.89. The number of amides is 1. The minimum absolute atomic E-state index is 0.0446. The number of aryl methyl sites for hydroxylation is 2. The summed E-state index contributed by atoms with van der Waals surface area (Å²) in [5.41, 5.74) is 1.48. The van der Waals surface area contributed by atoms with E-state index in [1.54, 1.807) is 14.0 Å². The van der Waals surface area contributed by atoms with Gasteiger partial charge in [0.15, 0.2) is 0 Å². The fraction of sp³-hybridized carbons (Fsp3) is 0.0952. The Morgan fingerprint density at radius 3 is 2.43 bits per heavy atom. The summed E-state index contributed by atoms with van der Waals surface area (Å²) >= 11 is 6.02. The van der Waals surface area contributed by atoms with Gasteiger partial charge < -0.3 is 15.2 Å². The van der Waals surface area contributed by atoms with E-state index in [9.17, 15) is 14.0 Å². The van der Waals surface area contributed by atoms with Crippen molar-refractivity contribution in [3.05, 3.63) is 82.3 Å². The SMILES string of the molecule is C=C(NC(=O)c1c(C)nn(C)c1Oc1ccc(F)cc1Cl)c1ccc(C(=O)O)cc1. The number of carbonyl (C=O) groups excluding carboxylic acids is 1. The number of halogens is 2. The van der Waals surface area contributed by atoms with Crippen LogP contribution in [0.25, 0.3) is 5.70 Å². The fourth-order valence-corrected chi connectivity index (χ4v) is 2.97. The maximum atomic E-state index is 13.3. The first-order valence-electron chi connectivity index (χ1n) is 8.68. The van der Waals surface area contributed by atoms with Crippen molar-refractivity contribution < 1.29 is 23.8 Å². The molecule has 0 unspecified atom stereocenters. The number of carboxylic acids is 1. The summed E-state index contributed by atoms with van der Waals surface area (Å²) in [6, 6.07) is 9.54.